The Morgan fingerprint density at radius 1 is 0.413 bits per heavy atom. The van der Waals surface area contributed by atoms with E-state index < -0.39 is 0 Å². The Bertz CT molecular complexity index is 2660. The van der Waals surface area contributed by atoms with Crippen LogP contribution in [0, 0.1) is 0 Å². The highest BCUT2D eigenvalue weighted by Gasteiger charge is 2.41. The standard InChI is InChI=1S/C42H26BN3/c1-3-13-27(14-4-1)44(28-15-5-2-6-16-28)37-26-24-33-42-39(37)31-18-8-11-21-35(31)46(42)38-25-23-30-29-17-7-10-20-34(29)45-36-22-12-9-19-32(36)43(33)40(38)41(30)45/h1-26H. The molecular weight excluding hydrogens is 557 g/mol. The maximum atomic E-state index is 2.55. The second-order valence-electron chi connectivity index (χ2n) is 12.5. The smallest absolute Gasteiger partial charge is 0.252 e. The van der Waals surface area contributed by atoms with Crippen molar-refractivity contribution in [3.63, 3.8) is 0 Å². The van der Waals surface area contributed by atoms with Gasteiger partial charge in [0.15, 0.2) is 0 Å². The van der Waals surface area contributed by atoms with E-state index in [-0.39, 0.29) is 6.71 Å². The second kappa shape index (κ2) is 8.80. The quantitative estimate of drug-likeness (QED) is 0.190. The SMILES string of the molecule is c1ccc(N(c2ccccc2)c2ccc3c4c2c2ccccc2n4-c2ccc4c5ccccc5n5c4c2B3c2ccccc2-5)cc1. The highest BCUT2D eigenvalue weighted by atomic mass is 15.1. The van der Waals surface area contributed by atoms with Gasteiger partial charge in [0.1, 0.15) is 0 Å². The molecule has 0 saturated carbocycles. The molecule has 4 heterocycles. The van der Waals surface area contributed by atoms with Crippen LogP contribution in [0.3, 0.4) is 0 Å². The molecule has 7 aromatic carbocycles. The molecule has 2 aliphatic heterocycles. The number of anilines is 3. The number of nitrogens with zero attached hydrogens (tertiary/aromatic N) is 3. The molecule has 4 heteroatoms. The Morgan fingerprint density at radius 2 is 1.02 bits per heavy atom. The number of aromatic nitrogens is 2. The molecule has 0 spiro atoms. The summed E-state index contributed by atoms with van der Waals surface area (Å²) < 4.78 is 5.07. The van der Waals surface area contributed by atoms with E-state index in [4.69, 9.17) is 0 Å². The molecule has 46 heavy (non-hydrogen) atoms. The molecule has 0 atom stereocenters. The molecule has 0 saturated heterocycles. The van der Waals surface area contributed by atoms with Crippen molar-refractivity contribution in [1.29, 1.82) is 0 Å². The third kappa shape index (κ3) is 2.94. The zero-order chi connectivity index (χ0) is 29.9. The largest absolute Gasteiger partial charge is 0.310 e. The van der Waals surface area contributed by atoms with Crippen LogP contribution < -0.4 is 21.3 Å². The van der Waals surface area contributed by atoms with Gasteiger partial charge in [0, 0.05) is 44.3 Å². The van der Waals surface area contributed by atoms with Crippen molar-refractivity contribution in [2.75, 3.05) is 4.90 Å². The van der Waals surface area contributed by atoms with Gasteiger partial charge in [0.2, 0.25) is 0 Å². The fourth-order valence-electron chi connectivity index (χ4n) is 8.57. The Morgan fingerprint density at radius 3 is 1.78 bits per heavy atom. The van der Waals surface area contributed by atoms with Crippen molar-refractivity contribution in [2.24, 2.45) is 0 Å². The molecule has 2 aliphatic rings. The van der Waals surface area contributed by atoms with Gasteiger partial charge in [-0.05, 0) is 71.0 Å². The van der Waals surface area contributed by atoms with Gasteiger partial charge in [0.05, 0.1) is 27.8 Å². The minimum atomic E-state index is 0.127. The molecule has 3 nitrogen and oxygen atoms in total. The first-order valence-corrected chi connectivity index (χ1v) is 16.0. The number of para-hydroxylation sites is 5. The molecule has 11 rings (SSSR count). The Balaban J connectivity index is 1.33. The Hall–Kier alpha value is -6.00. The average molecular weight is 584 g/mol. The number of hydrogen-bond donors (Lipinski definition) is 0. The second-order valence-corrected chi connectivity index (χ2v) is 12.5. The van der Waals surface area contributed by atoms with Gasteiger partial charge in [-0.3, -0.25) is 0 Å². The van der Waals surface area contributed by atoms with E-state index in [9.17, 15) is 0 Å². The highest BCUT2D eigenvalue weighted by Crippen LogP contribution is 2.45. The van der Waals surface area contributed by atoms with Gasteiger partial charge in [-0.2, -0.15) is 0 Å². The fraction of sp³-hybridized carbons (Fsp3) is 0. The predicted molar refractivity (Wildman–Crippen MR) is 194 cm³/mol. The number of hydrogen-bond acceptors (Lipinski definition) is 1. The topological polar surface area (TPSA) is 13.1 Å². The van der Waals surface area contributed by atoms with Gasteiger partial charge in [0.25, 0.3) is 6.71 Å². The van der Waals surface area contributed by atoms with Crippen LogP contribution in [-0.2, 0) is 0 Å². The van der Waals surface area contributed by atoms with Crippen molar-refractivity contribution < 1.29 is 0 Å². The van der Waals surface area contributed by atoms with E-state index in [0.29, 0.717) is 0 Å². The van der Waals surface area contributed by atoms with Crippen LogP contribution in [0.2, 0.25) is 0 Å². The van der Waals surface area contributed by atoms with Crippen molar-refractivity contribution in [3.05, 3.63) is 158 Å². The van der Waals surface area contributed by atoms with Crippen LogP contribution in [0.1, 0.15) is 0 Å². The third-order valence-electron chi connectivity index (χ3n) is 10.3. The molecule has 0 radical (unpaired) electrons. The van der Waals surface area contributed by atoms with Crippen molar-refractivity contribution >= 4 is 83.8 Å². The molecule has 0 aliphatic carbocycles. The maximum absolute atomic E-state index is 2.55. The summed E-state index contributed by atoms with van der Waals surface area (Å²) in [5.74, 6) is 0. The van der Waals surface area contributed by atoms with Crippen molar-refractivity contribution in [1.82, 2.24) is 9.13 Å². The van der Waals surface area contributed by atoms with Crippen molar-refractivity contribution in [3.8, 4) is 11.4 Å². The van der Waals surface area contributed by atoms with E-state index in [1.54, 1.807) is 0 Å². The molecule has 0 fully saturated rings. The van der Waals surface area contributed by atoms with Gasteiger partial charge >= 0.3 is 0 Å². The van der Waals surface area contributed by atoms with Crippen LogP contribution in [0.5, 0.6) is 0 Å². The normalized spacial score (nSPS) is 12.7. The molecule has 0 unspecified atom stereocenters. The molecule has 212 valence electrons. The van der Waals surface area contributed by atoms with Crippen LogP contribution in [0.25, 0.3) is 55.0 Å². The maximum Gasteiger partial charge on any atom is 0.252 e. The first-order chi connectivity index (χ1) is 22.9. The molecule has 0 N–H and O–H groups in total. The molecule has 0 amide bonds. The zero-order valence-corrected chi connectivity index (χ0v) is 24.9. The van der Waals surface area contributed by atoms with Crippen molar-refractivity contribution in [2.45, 2.75) is 0 Å². The lowest BCUT2D eigenvalue weighted by Gasteiger charge is -2.34. The summed E-state index contributed by atoms with van der Waals surface area (Å²) in [7, 11) is 0. The molecule has 2 aromatic heterocycles. The first kappa shape index (κ1) is 24.3. The summed E-state index contributed by atoms with van der Waals surface area (Å²) in [6.45, 7) is 0.127. The van der Waals surface area contributed by atoms with E-state index >= 15 is 0 Å². The van der Waals surface area contributed by atoms with E-state index in [0.717, 1.165) is 11.4 Å². The van der Waals surface area contributed by atoms with Gasteiger partial charge < -0.3 is 14.0 Å². The summed E-state index contributed by atoms with van der Waals surface area (Å²) in [6.07, 6.45) is 0. The first-order valence-electron chi connectivity index (χ1n) is 16.0. The summed E-state index contributed by atoms with van der Waals surface area (Å²) in [6, 6.07) is 57.9. The van der Waals surface area contributed by atoms with Gasteiger partial charge in [-0.15, -0.1) is 0 Å². The number of fused-ring (bicyclic) bond motifs is 11. The summed E-state index contributed by atoms with van der Waals surface area (Å²) >= 11 is 0. The van der Waals surface area contributed by atoms with Gasteiger partial charge in [-0.1, -0.05) is 103 Å². The number of benzene rings is 7. The summed E-state index contributed by atoms with van der Waals surface area (Å²) in [5.41, 5.74) is 15.3. The highest BCUT2D eigenvalue weighted by molar-refractivity contribution is 7.00. The van der Waals surface area contributed by atoms with Crippen LogP contribution >= 0.6 is 0 Å². The van der Waals surface area contributed by atoms with E-state index in [2.05, 4.69) is 172 Å². The molecule has 0 bridgehead atoms. The summed E-state index contributed by atoms with van der Waals surface area (Å²) in [5, 5.41) is 5.18. The lowest BCUT2D eigenvalue weighted by atomic mass is 9.34. The van der Waals surface area contributed by atoms with Gasteiger partial charge in [-0.25, -0.2) is 0 Å². The average Bonchev–Trinajstić information content (AvgIpc) is 3.65. The van der Waals surface area contributed by atoms with E-state index in [1.165, 1.54) is 77.1 Å². The lowest BCUT2D eigenvalue weighted by molar-refractivity contribution is 1.16. The predicted octanol–water partition coefficient (Wildman–Crippen LogP) is 8.49. The lowest BCUT2D eigenvalue weighted by Crippen LogP contribution is -2.59. The Labute approximate surface area is 266 Å². The number of rotatable bonds is 3. The van der Waals surface area contributed by atoms with Crippen LogP contribution in [0.4, 0.5) is 17.1 Å². The van der Waals surface area contributed by atoms with Crippen LogP contribution in [-0.4, -0.2) is 15.8 Å². The monoisotopic (exact) mass is 583 g/mol. The van der Waals surface area contributed by atoms with E-state index in [1.807, 2.05) is 0 Å². The zero-order valence-electron chi connectivity index (χ0n) is 24.9. The minimum Gasteiger partial charge on any atom is -0.310 e. The van der Waals surface area contributed by atoms with Crippen LogP contribution in [0.15, 0.2) is 158 Å². The molecular formula is C42H26BN3. The third-order valence-corrected chi connectivity index (χ3v) is 10.3. The summed E-state index contributed by atoms with van der Waals surface area (Å²) in [4.78, 5) is 2.42. The minimum absolute atomic E-state index is 0.127. The molecule has 9 aromatic rings. The fourth-order valence-corrected chi connectivity index (χ4v) is 8.57. The Kier molecular flexibility index (Phi) is 4.66.